The lowest BCUT2D eigenvalue weighted by atomic mass is 9.89. The molecule has 0 bridgehead atoms. The SMILES string of the molecule is CCC1CCNC(C(=O)N(C)C(C)c2ccccc2Cl)C1. The highest BCUT2D eigenvalue weighted by Crippen LogP contribution is 2.28. The Kier molecular flexibility index (Phi) is 5.65. The number of rotatable bonds is 4. The van der Waals surface area contributed by atoms with E-state index in [-0.39, 0.29) is 18.0 Å². The molecule has 3 atom stereocenters. The highest BCUT2D eigenvalue weighted by Gasteiger charge is 2.30. The Hall–Kier alpha value is -1.06. The second-order valence-electron chi connectivity index (χ2n) is 5.95. The second kappa shape index (κ2) is 7.28. The minimum Gasteiger partial charge on any atom is -0.338 e. The van der Waals surface area contributed by atoms with Crippen molar-refractivity contribution in [2.45, 2.75) is 45.2 Å². The van der Waals surface area contributed by atoms with Crippen molar-refractivity contribution in [2.75, 3.05) is 13.6 Å². The summed E-state index contributed by atoms with van der Waals surface area (Å²) in [4.78, 5) is 14.5. The molecule has 0 aromatic heterocycles. The number of nitrogens with one attached hydrogen (secondary N) is 1. The highest BCUT2D eigenvalue weighted by molar-refractivity contribution is 6.31. The van der Waals surface area contributed by atoms with Gasteiger partial charge in [0, 0.05) is 12.1 Å². The standard InChI is InChI=1S/C17H25ClN2O/c1-4-13-9-10-19-16(11-13)17(21)20(3)12(2)14-7-5-6-8-15(14)18/h5-8,12-13,16,19H,4,9-11H2,1-3H3. The minimum atomic E-state index is -0.0568. The monoisotopic (exact) mass is 308 g/mol. The van der Waals surface area contributed by atoms with Crippen molar-refractivity contribution in [3.05, 3.63) is 34.9 Å². The predicted octanol–water partition coefficient (Wildman–Crippen LogP) is 3.64. The smallest absolute Gasteiger partial charge is 0.239 e. The molecule has 1 fully saturated rings. The van der Waals surface area contributed by atoms with Gasteiger partial charge in [-0.3, -0.25) is 4.79 Å². The zero-order valence-electron chi connectivity index (χ0n) is 13.1. The normalized spacial score (nSPS) is 23.6. The molecule has 3 unspecified atom stereocenters. The first-order valence-corrected chi connectivity index (χ1v) is 8.16. The number of nitrogens with zero attached hydrogens (tertiary/aromatic N) is 1. The van der Waals surface area contributed by atoms with E-state index in [9.17, 15) is 4.79 Å². The fourth-order valence-corrected chi connectivity index (χ4v) is 3.31. The van der Waals surface area contributed by atoms with Crippen LogP contribution in [-0.2, 0) is 4.79 Å². The van der Waals surface area contributed by atoms with Gasteiger partial charge < -0.3 is 10.2 Å². The molecule has 0 saturated carbocycles. The summed E-state index contributed by atoms with van der Waals surface area (Å²) in [5.41, 5.74) is 0.998. The number of piperidine rings is 1. The van der Waals surface area contributed by atoms with Crippen molar-refractivity contribution in [1.82, 2.24) is 10.2 Å². The van der Waals surface area contributed by atoms with E-state index in [0.29, 0.717) is 10.9 Å². The average Bonchev–Trinajstić information content (AvgIpc) is 2.53. The van der Waals surface area contributed by atoms with E-state index in [2.05, 4.69) is 12.2 Å². The largest absolute Gasteiger partial charge is 0.338 e. The van der Waals surface area contributed by atoms with Crippen LogP contribution in [0, 0.1) is 5.92 Å². The molecule has 1 aliphatic rings. The van der Waals surface area contributed by atoms with Gasteiger partial charge in [-0.15, -0.1) is 0 Å². The maximum absolute atomic E-state index is 12.7. The first-order valence-electron chi connectivity index (χ1n) is 7.79. The first kappa shape index (κ1) is 16.3. The fraction of sp³-hybridized carbons (Fsp3) is 0.588. The van der Waals surface area contributed by atoms with Crippen LogP contribution in [0.25, 0.3) is 0 Å². The zero-order chi connectivity index (χ0) is 15.4. The van der Waals surface area contributed by atoms with Crippen molar-refractivity contribution in [3.63, 3.8) is 0 Å². The van der Waals surface area contributed by atoms with E-state index in [1.165, 1.54) is 6.42 Å². The molecule has 0 aliphatic carbocycles. The average molecular weight is 309 g/mol. The van der Waals surface area contributed by atoms with Crippen molar-refractivity contribution in [2.24, 2.45) is 5.92 Å². The minimum absolute atomic E-state index is 0.0185. The first-order chi connectivity index (χ1) is 10.0. The van der Waals surface area contributed by atoms with Gasteiger partial charge in [-0.2, -0.15) is 0 Å². The molecular formula is C17H25ClN2O. The summed E-state index contributed by atoms with van der Waals surface area (Å²) in [6, 6.07) is 7.66. The number of hydrogen-bond donors (Lipinski definition) is 1. The summed E-state index contributed by atoms with van der Waals surface area (Å²) in [6.45, 7) is 5.16. The Bertz CT molecular complexity index is 491. The fourth-order valence-electron chi connectivity index (χ4n) is 3.01. The molecule has 1 saturated heterocycles. The third-order valence-corrected chi connectivity index (χ3v) is 5.02. The van der Waals surface area contributed by atoms with Crippen molar-refractivity contribution >= 4 is 17.5 Å². The lowest BCUT2D eigenvalue weighted by Crippen LogP contribution is -2.49. The van der Waals surface area contributed by atoms with Crippen LogP contribution < -0.4 is 5.32 Å². The molecule has 0 spiro atoms. The molecular weight excluding hydrogens is 284 g/mol. The van der Waals surface area contributed by atoms with Gasteiger partial charge >= 0.3 is 0 Å². The molecule has 1 aliphatic heterocycles. The summed E-state index contributed by atoms with van der Waals surface area (Å²) >= 11 is 6.25. The third-order valence-electron chi connectivity index (χ3n) is 4.67. The number of halogens is 1. The van der Waals surface area contributed by atoms with E-state index in [1.807, 2.05) is 43.1 Å². The lowest BCUT2D eigenvalue weighted by molar-refractivity contribution is -0.135. The maximum atomic E-state index is 12.7. The van der Waals surface area contributed by atoms with E-state index in [0.717, 1.165) is 24.9 Å². The Morgan fingerprint density at radius 1 is 1.48 bits per heavy atom. The molecule has 4 heteroatoms. The molecule has 1 amide bonds. The molecule has 116 valence electrons. The number of benzene rings is 1. The van der Waals surface area contributed by atoms with E-state index in [1.54, 1.807) is 0 Å². The van der Waals surface area contributed by atoms with Crippen molar-refractivity contribution < 1.29 is 4.79 Å². The molecule has 1 aromatic carbocycles. The Labute approximate surface area is 132 Å². The third kappa shape index (κ3) is 3.78. The topological polar surface area (TPSA) is 32.3 Å². The second-order valence-corrected chi connectivity index (χ2v) is 6.36. The maximum Gasteiger partial charge on any atom is 0.239 e. The summed E-state index contributed by atoms with van der Waals surface area (Å²) in [6.07, 6.45) is 3.26. The molecule has 0 radical (unpaired) electrons. The quantitative estimate of drug-likeness (QED) is 0.921. The van der Waals surface area contributed by atoms with Crippen LogP contribution in [-0.4, -0.2) is 30.4 Å². The van der Waals surface area contributed by atoms with Crippen LogP contribution in [0.15, 0.2) is 24.3 Å². The van der Waals surface area contributed by atoms with E-state index >= 15 is 0 Å². The zero-order valence-corrected chi connectivity index (χ0v) is 13.9. The molecule has 1 N–H and O–H groups in total. The van der Waals surface area contributed by atoms with Crippen LogP contribution in [0.1, 0.15) is 44.7 Å². The van der Waals surface area contributed by atoms with Crippen LogP contribution in [0.5, 0.6) is 0 Å². The molecule has 2 rings (SSSR count). The van der Waals surface area contributed by atoms with Gasteiger partial charge in [-0.25, -0.2) is 0 Å². The molecule has 1 heterocycles. The lowest BCUT2D eigenvalue weighted by Gasteiger charge is -2.34. The number of amides is 1. The van der Waals surface area contributed by atoms with Crippen molar-refractivity contribution in [3.8, 4) is 0 Å². The van der Waals surface area contributed by atoms with Gasteiger partial charge in [0.05, 0.1) is 12.1 Å². The van der Waals surface area contributed by atoms with Gasteiger partial charge in [0.15, 0.2) is 0 Å². The van der Waals surface area contributed by atoms with E-state index < -0.39 is 0 Å². The summed E-state index contributed by atoms with van der Waals surface area (Å²) in [5, 5.41) is 4.08. The highest BCUT2D eigenvalue weighted by atomic mass is 35.5. The van der Waals surface area contributed by atoms with Crippen LogP contribution in [0.4, 0.5) is 0 Å². The number of likely N-dealkylation sites (N-methyl/N-ethyl adjacent to an activating group) is 1. The van der Waals surface area contributed by atoms with E-state index in [4.69, 9.17) is 11.6 Å². The van der Waals surface area contributed by atoms with Crippen LogP contribution in [0.2, 0.25) is 5.02 Å². The number of carbonyl (C=O) groups is 1. The predicted molar refractivity (Wildman–Crippen MR) is 87.4 cm³/mol. The number of hydrogen-bond acceptors (Lipinski definition) is 2. The Morgan fingerprint density at radius 2 is 2.19 bits per heavy atom. The number of carbonyl (C=O) groups excluding carboxylic acids is 1. The van der Waals surface area contributed by atoms with Gasteiger partial charge in [0.1, 0.15) is 0 Å². The van der Waals surface area contributed by atoms with Gasteiger partial charge in [0.2, 0.25) is 5.91 Å². The summed E-state index contributed by atoms with van der Waals surface area (Å²) in [7, 11) is 1.87. The van der Waals surface area contributed by atoms with Crippen LogP contribution in [0.3, 0.4) is 0 Å². The Balaban J connectivity index is 2.06. The Morgan fingerprint density at radius 3 is 2.86 bits per heavy atom. The molecule has 3 nitrogen and oxygen atoms in total. The van der Waals surface area contributed by atoms with Gasteiger partial charge in [0.25, 0.3) is 0 Å². The van der Waals surface area contributed by atoms with Crippen LogP contribution >= 0.6 is 11.6 Å². The van der Waals surface area contributed by atoms with Crippen molar-refractivity contribution in [1.29, 1.82) is 0 Å². The summed E-state index contributed by atoms with van der Waals surface area (Å²) < 4.78 is 0. The van der Waals surface area contributed by atoms with Gasteiger partial charge in [-0.05, 0) is 43.9 Å². The van der Waals surface area contributed by atoms with Gasteiger partial charge in [-0.1, -0.05) is 43.1 Å². The molecule has 21 heavy (non-hydrogen) atoms. The summed E-state index contributed by atoms with van der Waals surface area (Å²) in [5.74, 6) is 0.824. The molecule has 1 aromatic rings.